The second kappa shape index (κ2) is 6.71. The molecule has 1 aromatic heterocycles. The molecule has 4 heteroatoms. The Morgan fingerprint density at radius 1 is 1.44 bits per heavy atom. The normalized spacial score (nSPS) is 12.4. The molecule has 0 amide bonds. The average molecular weight is 316 g/mol. The van der Waals surface area contributed by atoms with E-state index in [1.54, 1.807) is 0 Å². The second-order valence-electron chi connectivity index (χ2n) is 5.89. The minimum atomic E-state index is 0.134. The topological polar surface area (TPSA) is 29.9 Å². The van der Waals surface area contributed by atoms with Gasteiger partial charge in [0.05, 0.1) is 16.4 Å². The molecule has 104 valence electrons. The number of nitrogens with one attached hydrogen (secondary N) is 1. The zero-order valence-electron chi connectivity index (χ0n) is 12.3. The highest BCUT2D eigenvalue weighted by Crippen LogP contribution is 2.32. The molecule has 0 unspecified atom stereocenters. The molecule has 0 aromatic carbocycles. The van der Waals surface area contributed by atoms with Crippen LogP contribution in [0.5, 0.6) is 0 Å². The highest BCUT2D eigenvalue weighted by Gasteiger charge is 2.26. The lowest BCUT2D eigenvalue weighted by molar-refractivity contribution is 0.407. The van der Waals surface area contributed by atoms with Crippen LogP contribution < -0.4 is 5.32 Å². The average Bonchev–Trinajstić information content (AvgIpc) is 2.66. The van der Waals surface area contributed by atoms with Crippen molar-refractivity contribution in [3.8, 4) is 0 Å². The van der Waals surface area contributed by atoms with Crippen molar-refractivity contribution >= 4 is 15.9 Å². The quantitative estimate of drug-likeness (QED) is 0.779. The molecule has 0 saturated carbocycles. The van der Waals surface area contributed by atoms with E-state index in [-0.39, 0.29) is 5.41 Å². The van der Waals surface area contributed by atoms with Crippen molar-refractivity contribution in [1.82, 2.24) is 15.1 Å². The van der Waals surface area contributed by atoms with Gasteiger partial charge in [-0.25, -0.2) is 0 Å². The van der Waals surface area contributed by atoms with E-state index in [1.165, 1.54) is 5.69 Å². The summed E-state index contributed by atoms with van der Waals surface area (Å²) in [4.78, 5) is 0. The maximum absolute atomic E-state index is 4.41. The molecule has 0 radical (unpaired) electrons. The first kappa shape index (κ1) is 15.7. The summed E-state index contributed by atoms with van der Waals surface area (Å²) in [5.41, 5.74) is 1.44. The summed E-state index contributed by atoms with van der Waals surface area (Å²) >= 11 is 3.62. The van der Waals surface area contributed by atoms with Gasteiger partial charge in [0.2, 0.25) is 0 Å². The van der Waals surface area contributed by atoms with Crippen LogP contribution in [0.3, 0.4) is 0 Å². The Morgan fingerprint density at radius 3 is 2.67 bits per heavy atom. The minimum Gasteiger partial charge on any atom is -0.316 e. The van der Waals surface area contributed by atoms with E-state index in [9.17, 15) is 0 Å². The highest BCUT2D eigenvalue weighted by atomic mass is 79.9. The first-order valence-corrected chi connectivity index (χ1v) is 7.60. The molecular weight excluding hydrogens is 290 g/mol. The number of nitrogens with zero attached hydrogens (tertiary/aromatic N) is 2. The Kier molecular flexibility index (Phi) is 5.86. The molecule has 1 rings (SSSR count). The van der Waals surface area contributed by atoms with E-state index in [4.69, 9.17) is 0 Å². The molecule has 1 N–H and O–H groups in total. The van der Waals surface area contributed by atoms with E-state index in [0.717, 1.165) is 30.5 Å². The first-order chi connectivity index (χ1) is 8.38. The smallest absolute Gasteiger partial charge is 0.0635 e. The standard InChI is InChI=1S/C14H26BrN3/c1-6-18-13(12(15)10-17-18)14(4,5)7-8-16-9-11(2)3/h10-11,16H,6-9H2,1-5H3. The van der Waals surface area contributed by atoms with Crippen molar-refractivity contribution in [2.45, 2.75) is 53.0 Å². The second-order valence-corrected chi connectivity index (χ2v) is 6.74. The van der Waals surface area contributed by atoms with Crippen molar-refractivity contribution in [3.05, 3.63) is 16.4 Å². The zero-order valence-corrected chi connectivity index (χ0v) is 13.8. The van der Waals surface area contributed by atoms with E-state index >= 15 is 0 Å². The van der Waals surface area contributed by atoms with Crippen molar-refractivity contribution in [2.24, 2.45) is 5.92 Å². The van der Waals surface area contributed by atoms with Gasteiger partial charge in [-0.3, -0.25) is 4.68 Å². The van der Waals surface area contributed by atoms with Gasteiger partial charge in [0.25, 0.3) is 0 Å². The van der Waals surface area contributed by atoms with Crippen LogP contribution in [-0.2, 0) is 12.0 Å². The van der Waals surface area contributed by atoms with Gasteiger partial charge in [-0.2, -0.15) is 5.10 Å². The Bertz CT molecular complexity index is 369. The van der Waals surface area contributed by atoms with Gasteiger partial charge in [-0.1, -0.05) is 27.7 Å². The molecule has 1 heterocycles. The Hall–Kier alpha value is -0.350. The van der Waals surface area contributed by atoms with Gasteiger partial charge >= 0.3 is 0 Å². The van der Waals surface area contributed by atoms with Crippen LogP contribution in [0.25, 0.3) is 0 Å². The highest BCUT2D eigenvalue weighted by molar-refractivity contribution is 9.10. The van der Waals surface area contributed by atoms with E-state index < -0.39 is 0 Å². The number of aromatic nitrogens is 2. The third-order valence-electron chi connectivity index (χ3n) is 3.21. The lowest BCUT2D eigenvalue weighted by atomic mass is 9.85. The maximum atomic E-state index is 4.41. The van der Waals surface area contributed by atoms with Crippen LogP contribution in [0.15, 0.2) is 10.7 Å². The molecule has 0 bridgehead atoms. The minimum absolute atomic E-state index is 0.134. The molecule has 0 aliphatic carbocycles. The molecule has 0 aliphatic heterocycles. The summed E-state index contributed by atoms with van der Waals surface area (Å²) in [5, 5.41) is 7.92. The van der Waals surface area contributed by atoms with Crippen LogP contribution in [0.4, 0.5) is 0 Å². The van der Waals surface area contributed by atoms with Gasteiger partial charge in [-0.15, -0.1) is 0 Å². The van der Waals surface area contributed by atoms with Gasteiger partial charge in [-0.05, 0) is 48.3 Å². The number of hydrogen-bond donors (Lipinski definition) is 1. The molecule has 0 spiro atoms. The summed E-state index contributed by atoms with van der Waals surface area (Å²) in [6.07, 6.45) is 3.02. The van der Waals surface area contributed by atoms with Crippen LogP contribution in [-0.4, -0.2) is 22.9 Å². The summed E-state index contributed by atoms with van der Waals surface area (Å²) < 4.78 is 3.21. The molecule has 1 aromatic rings. The van der Waals surface area contributed by atoms with Crippen molar-refractivity contribution < 1.29 is 0 Å². The molecular formula is C14H26BrN3. The van der Waals surface area contributed by atoms with Gasteiger partial charge in [0, 0.05) is 12.0 Å². The van der Waals surface area contributed by atoms with Gasteiger partial charge < -0.3 is 5.32 Å². The molecule has 18 heavy (non-hydrogen) atoms. The number of rotatable bonds is 7. The van der Waals surface area contributed by atoms with Crippen LogP contribution in [0, 0.1) is 5.92 Å². The number of halogens is 1. The molecule has 0 saturated heterocycles. The molecule has 0 fully saturated rings. The van der Waals surface area contributed by atoms with Gasteiger partial charge in [0.1, 0.15) is 0 Å². The van der Waals surface area contributed by atoms with Crippen molar-refractivity contribution in [2.75, 3.05) is 13.1 Å². The lowest BCUT2D eigenvalue weighted by Gasteiger charge is -2.26. The Balaban J connectivity index is 2.64. The zero-order chi connectivity index (χ0) is 13.8. The largest absolute Gasteiger partial charge is 0.316 e. The molecule has 0 aliphatic rings. The number of hydrogen-bond acceptors (Lipinski definition) is 2. The maximum Gasteiger partial charge on any atom is 0.0635 e. The summed E-state index contributed by atoms with van der Waals surface area (Å²) in [6, 6.07) is 0. The Labute approximate surface area is 119 Å². The SMILES string of the molecule is CCn1ncc(Br)c1C(C)(C)CCNCC(C)C. The summed E-state index contributed by atoms with van der Waals surface area (Å²) in [5.74, 6) is 0.709. The fourth-order valence-electron chi connectivity index (χ4n) is 2.18. The summed E-state index contributed by atoms with van der Waals surface area (Å²) in [7, 11) is 0. The fraction of sp³-hybridized carbons (Fsp3) is 0.786. The van der Waals surface area contributed by atoms with E-state index in [0.29, 0.717) is 5.92 Å². The number of aryl methyl sites for hydroxylation is 1. The monoisotopic (exact) mass is 315 g/mol. The predicted molar refractivity (Wildman–Crippen MR) is 81.0 cm³/mol. The van der Waals surface area contributed by atoms with E-state index in [2.05, 4.69) is 65.6 Å². The molecule has 0 atom stereocenters. The third kappa shape index (κ3) is 4.09. The van der Waals surface area contributed by atoms with Crippen molar-refractivity contribution in [3.63, 3.8) is 0 Å². The van der Waals surface area contributed by atoms with Gasteiger partial charge in [0.15, 0.2) is 0 Å². The summed E-state index contributed by atoms with van der Waals surface area (Å²) in [6.45, 7) is 14.2. The predicted octanol–water partition coefficient (Wildman–Crippen LogP) is 3.58. The Morgan fingerprint density at radius 2 is 2.11 bits per heavy atom. The van der Waals surface area contributed by atoms with Crippen LogP contribution in [0.2, 0.25) is 0 Å². The molecule has 3 nitrogen and oxygen atoms in total. The van der Waals surface area contributed by atoms with E-state index in [1.807, 2.05) is 6.20 Å². The third-order valence-corrected chi connectivity index (χ3v) is 3.80. The van der Waals surface area contributed by atoms with Crippen LogP contribution in [0.1, 0.15) is 46.7 Å². The fourth-order valence-corrected chi connectivity index (χ4v) is 3.02. The first-order valence-electron chi connectivity index (χ1n) is 6.81. The van der Waals surface area contributed by atoms with Crippen LogP contribution >= 0.6 is 15.9 Å². The lowest BCUT2D eigenvalue weighted by Crippen LogP contribution is -2.29. The van der Waals surface area contributed by atoms with Crippen molar-refractivity contribution in [1.29, 1.82) is 0 Å².